The Kier molecular flexibility index (Phi) is 14.4. The molecule has 158 valence electrons. The molecule has 3 heteroatoms. The zero-order chi connectivity index (χ0) is 22.1. The van der Waals surface area contributed by atoms with Gasteiger partial charge in [0.1, 0.15) is 0 Å². The normalized spacial score (nSPS) is 8.69. The van der Waals surface area contributed by atoms with Gasteiger partial charge in [0.05, 0.1) is 0 Å². The molecule has 29 heavy (non-hydrogen) atoms. The highest BCUT2D eigenvalue weighted by Crippen LogP contribution is 2.08. The zero-order valence-electron chi connectivity index (χ0n) is 19.4. The van der Waals surface area contributed by atoms with Crippen LogP contribution in [0.5, 0.6) is 0 Å². The van der Waals surface area contributed by atoms with E-state index in [1.165, 1.54) is 33.8 Å². The van der Waals surface area contributed by atoms with Crippen molar-refractivity contribution in [3.05, 3.63) is 89.5 Å². The minimum atomic E-state index is 1.17. The maximum Gasteiger partial charge on any atom is 0.0340 e. The zero-order valence-corrected chi connectivity index (χ0v) is 19.4. The summed E-state index contributed by atoms with van der Waals surface area (Å²) < 4.78 is 0. The second-order valence-electron chi connectivity index (χ2n) is 6.35. The molecule has 0 aliphatic carbocycles. The first-order valence-corrected chi connectivity index (χ1v) is 10.2. The second kappa shape index (κ2) is 16.1. The molecule has 3 aromatic rings. The largest absolute Gasteiger partial charge is 0.388 e. The van der Waals surface area contributed by atoms with E-state index in [4.69, 9.17) is 0 Å². The summed E-state index contributed by atoms with van der Waals surface area (Å²) in [5, 5.41) is 9.19. The van der Waals surface area contributed by atoms with E-state index >= 15 is 0 Å². The van der Waals surface area contributed by atoms with Crippen molar-refractivity contribution in [1.82, 2.24) is 0 Å². The fraction of sp³-hybridized carbons (Fsp3) is 0.308. The number of anilines is 3. The lowest BCUT2D eigenvalue weighted by molar-refractivity contribution is 1.43. The summed E-state index contributed by atoms with van der Waals surface area (Å²) >= 11 is 0. The van der Waals surface area contributed by atoms with Crippen LogP contribution in [0, 0.1) is 20.8 Å². The number of hydrogen-bond donors (Lipinski definition) is 3. The van der Waals surface area contributed by atoms with Crippen molar-refractivity contribution in [1.29, 1.82) is 0 Å². The van der Waals surface area contributed by atoms with Gasteiger partial charge in [0, 0.05) is 38.2 Å². The summed E-state index contributed by atoms with van der Waals surface area (Å²) in [7, 11) is 5.77. The highest BCUT2D eigenvalue weighted by atomic mass is 14.8. The second-order valence-corrected chi connectivity index (χ2v) is 6.35. The van der Waals surface area contributed by atoms with Crippen LogP contribution in [0.2, 0.25) is 0 Å². The Morgan fingerprint density at radius 1 is 0.448 bits per heavy atom. The average Bonchev–Trinajstić information content (AvgIpc) is 2.76. The summed E-state index contributed by atoms with van der Waals surface area (Å²) in [5.74, 6) is 0. The molecule has 0 aliphatic heterocycles. The van der Waals surface area contributed by atoms with E-state index in [-0.39, 0.29) is 0 Å². The van der Waals surface area contributed by atoms with E-state index in [0.29, 0.717) is 0 Å². The first-order chi connectivity index (χ1) is 14.0. The molecule has 3 rings (SSSR count). The fourth-order valence-corrected chi connectivity index (χ4v) is 2.32. The van der Waals surface area contributed by atoms with Crippen LogP contribution in [0.4, 0.5) is 17.1 Å². The molecule has 0 heterocycles. The maximum absolute atomic E-state index is 3.07. The van der Waals surface area contributed by atoms with Gasteiger partial charge in [-0.2, -0.15) is 0 Å². The number of aryl methyl sites for hydroxylation is 3. The van der Waals surface area contributed by atoms with Crippen LogP contribution in [-0.4, -0.2) is 21.1 Å². The summed E-state index contributed by atoms with van der Waals surface area (Å²) in [4.78, 5) is 0. The number of nitrogens with one attached hydrogen (secondary N) is 3. The van der Waals surface area contributed by atoms with E-state index in [1.54, 1.807) is 0 Å². The van der Waals surface area contributed by atoms with Crippen molar-refractivity contribution in [2.45, 2.75) is 34.6 Å². The first-order valence-electron chi connectivity index (χ1n) is 10.2. The smallest absolute Gasteiger partial charge is 0.0340 e. The Morgan fingerprint density at radius 2 is 0.828 bits per heavy atom. The van der Waals surface area contributed by atoms with Crippen molar-refractivity contribution < 1.29 is 0 Å². The quantitative estimate of drug-likeness (QED) is 0.443. The highest BCUT2D eigenvalue weighted by molar-refractivity contribution is 5.45. The third-order valence-electron chi connectivity index (χ3n) is 3.95. The van der Waals surface area contributed by atoms with Crippen molar-refractivity contribution in [3.8, 4) is 0 Å². The molecule has 0 saturated heterocycles. The van der Waals surface area contributed by atoms with E-state index in [0.717, 1.165) is 0 Å². The van der Waals surface area contributed by atoms with E-state index in [1.807, 2.05) is 59.3 Å². The molecule has 0 spiro atoms. The lowest BCUT2D eigenvalue weighted by atomic mass is 10.2. The molecule has 0 aliphatic rings. The van der Waals surface area contributed by atoms with Gasteiger partial charge in [-0.25, -0.2) is 0 Å². The average molecular weight is 394 g/mol. The fourth-order valence-electron chi connectivity index (χ4n) is 2.32. The molecule has 0 aromatic heterocycles. The summed E-state index contributed by atoms with van der Waals surface area (Å²) in [6.07, 6.45) is 0. The van der Waals surface area contributed by atoms with Crippen LogP contribution in [0.3, 0.4) is 0 Å². The van der Waals surface area contributed by atoms with Gasteiger partial charge in [-0.1, -0.05) is 55.8 Å². The maximum atomic E-state index is 3.07. The molecule has 0 radical (unpaired) electrons. The Hall–Kier alpha value is -2.94. The summed E-state index contributed by atoms with van der Waals surface area (Å²) in [5.41, 5.74) is 7.41. The third-order valence-corrected chi connectivity index (χ3v) is 3.95. The lowest BCUT2D eigenvalue weighted by Crippen LogP contribution is -1.86. The highest BCUT2D eigenvalue weighted by Gasteiger charge is 1.86. The molecule has 3 N–H and O–H groups in total. The van der Waals surface area contributed by atoms with Crippen molar-refractivity contribution >= 4 is 17.1 Å². The third kappa shape index (κ3) is 12.2. The predicted molar refractivity (Wildman–Crippen MR) is 134 cm³/mol. The van der Waals surface area contributed by atoms with Crippen LogP contribution in [0.25, 0.3) is 0 Å². The summed E-state index contributed by atoms with van der Waals surface area (Å²) in [6, 6.07) is 24.9. The molecular formula is C26H39N3. The number of rotatable bonds is 3. The van der Waals surface area contributed by atoms with Crippen LogP contribution >= 0.6 is 0 Å². The van der Waals surface area contributed by atoms with Gasteiger partial charge < -0.3 is 16.0 Å². The molecule has 0 fully saturated rings. The molecule has 0 atom stereocenters. The molecular weight excluding hydrogens is 354 g/mol. The van der Waals surface area contributed by atoms with Crippen LogP contribution in [0.15, 0.2) is 72.8 Å². The monoisotopic (exact) mass is 393 g/mol. The van der Waals surface area contributed by atoms with E-state index in [2.05, 4.69) is 85.3 Å². The van der Waals surface area contributed by atoms with Crippen LogP contribution < -0.4 is 16.0 Å². The Labute approximate surface area is 178 Å². The van der Waals surface area contributed by atoms with Gasteiger partial charge >= 0.3 is 0 Å². The van der Waals surface area contributed by atoms with Crippen molar-refractivity contribution in [2.75, 3.05) is 37.1 Å². The standard InChI is InChI=1S/3C8H11N.C2H6/c1-7-3-5-8(9-2)6-4-7;2*1-7-4-3-5-8(6-7)9-2;1-2/h3*3-6,9H,1-2H3;1-2H3. The van der Waals surface area contributed by atoms with Crippen molar-refractivity contribution in [2.24, 2.45) is 0 Å². The Balaban J connectivity index is 0.000000388. The van der Waals surface area contributed by atoms with Crippen LogP contribution in [0.1, 0.15) is 30.5 Å². The predicted octanol–water partition coefficient (Wildman–Crippen LogP) is 7.14. The van der Waals surface area contributed by atoms with Gasteiger partial charge in [-0.3, -0.25) is 0 Å². The Morgan fingerprint density at radius 3 is 1.10 bits per heavy atom. The SMILES string of the molecule is CC.CNc1ccc(C)cc1.CNc1cccc(C)c1.CNc1cccc(C)c1. The number of benzene rings is 3. The van der Waals surface area contributed by atoms with E-state index in [9.17, 15) is 0 Å². The van der Waals surface area contributed by atoms with Crippen LogP contribution in [-0.2, 0) is 0 Å². The van der Waals surface area contributed by atoms with E-state index < -0.39 is 0 Å². The molecule has 0 bridgehead atoms. The molecule has 0 amide bonds. The minimum Gasteiger partial charge on any atom is -0.388 e. The minimum absolute atomic E-state index is 1.17. The number of hydrogen-bond acceptors (Lipinski definition) is 3. The Bertz CT molecular complexity index is 734. The topological polar surface area (TPSA) is 36.1 Å². The summed E-state index contributed by atoms with van der Waals surface area (Å²) in [6.45, 7) is 10.3. The first kappa shape index (κ1) is 26.1. The molecule has 3 aromatic carbocycles. The van der Waals surface area contributed by atoms with Gasteiger partial charge in [-0.05, 0) is 68.3 Å². The van der Waals surface area contributed by atoms with Gasteiger partial charge in [-0.15, -0.1) is 0 Å². The molecule has 0 saturated carbocycles. The van der Waals surface area contributed by atoms with Crippen molar-refractivity contribution in [3.63, 3.8) is 0 Å². The molecule has 3 nitrogen and oxygen atoms in total. The van der Waals surface area contributed by atoms with Gasteiger partial charge in [0.15, 0.2) is 0 Å². The molecule has 0 unspecified atom stereocenters. The lowest BCUT2D eigenvalue weighted by Gasteiger charge is -1.98. The van der Waals surface area contributed by atoms with Gasteiger partial charge in [0.25, 0.3) is 0 Å². The van der Waals surface area contributed by atoms with Gasteiger partial charge in [0.2, 0.25) is 0 Å².